The largest absolute Gasteiger partial charge is 0.378 e. The highest BCUT2D eigenvalue weighted by Crippen LogP contribution is 2.41. The quantitative estimate of drug-likeness (QED) is 0.795. The normalized spacial score (nSPS) is 20.2. The number of benzene rings is 1. The zero-order valence-corrected chi connectivity index (χ0v) is 13.4. The summed E-state index contributed by atoms with van der Waals surface area (Å²) in [5, 5.41) is 3.46. The number of ether oxygens (including phenoxy) is 1. The molecule has 1 aromatic carbocycles. The van der Waals surface area contributed by atoms with E-state index in [1.54, 1.807) is 0 Å². The topological polar surface area (TPSA) is 21.3 Å². The van der Waals surface area contributed by atoms with Crippen molar-refractivity contribution < 1.29 is 4.74 Å². The SMILES string of the molecule is CCC(C)c1ccc(C(CC2(OC)CCC2)NC)cc1. The van der Waals surface area contributed by atoms with E-state index in [9.17, 15) is 0 Å². The molecule has 0 radical (unpaired) electrons. The molecular weight excluding hydrogens is 246 g/mol. The van der Waals surface area contributed by atoms with Crippen molar-refractivity contribution >= 4 is 0 Å². The summed E-state index contributed by atoms with van der Waals surface area (Å²) in [6.07, 6.45) is 5.97. The highest BCUT2D eigenvalue weighted by molar-refractivity contribution is 5.27. The first-order chi connectivity index (χ1) is 9.64. The summed E-state index contributed by atoms with van der Waals surface area (Å²) >= 11 is 0. The Morgan fingerprint density at radius 1 is 1.20 bits per heavy atom. The lowest BCUT2D eigenvalue weighted by Gasteiger charge is -2.43. The highest BCUT2D eigenvalue weighted by Gasteiger charge is 2.39. The van der Waals surface area contributed by atoms with Gasteiger partial charge in [-0.25, -0.2) is 0 Å². The van der Waals surface area contributed by atoms with Crippen molar-refractivity contribution in [3.8, 4) is 0 Å². The lowest BCUT2D eigenvalue weighted by Crippen LogP contribution is -2.42. The van der Waals surface area contributed by atoms with E-state index in [0.29, 0.717) is 12.0 Å². The van der Waals surface area contributed by atoms with Gasteiger partial charge in [0.15, 0.2) is 0 Å². The Labute approximate surface area is 123 Å². The van der Waals surface area contributed by atoms with E-state index in [1.165, 1.54) is 36.8 Å². The Morgan fingerprint density at radius 2 is 1.80 bits per heavy atom. The minimum Gasteiger partial charge on any atom is -0.378 e. The molecule has 0 bridgehead atoms. The fraction of sp³-hybridized carbons (Fsp3) is 0.667. The average Bonchev–Trinajstić information content (AvgIpc) is 2.46. The summed E-state index contributed by atoms with van der Waals surface area (Å²) in [6.45, 7) is 4.53. The van der Waals surface area contributed by atoms with Gasteiger partial charge in [0.05, 0.1) is 5.60 Å². The summed E-state index contributed by atoms with van der Waals surface area (Å²) < 4.78 is 5.77. The third-order valence-corrected chi connectivity index (χ3v) is 5.14. The number of hydrogen-bond acceptors (Lipinski definition) is 2. The van der Waals surface area contributed by atoms with Crippen LogP contribution in [-0.4, -0.2) is 19.8 Å². The molecule has 1 aromatic rings. The lowest BCUT2D eigenvalue weighted by atomic mass is 9.74. The molecule has 0 spiro atoms. The molecule has 2 atom stereocenters. The minimum atomic E-state index is 0.114. The van der Waals surface area contributed by atoms with Crippen LogP contribution in [0.1, 0.15) is 69.0 Å². The molecule has 1 saturated carbocycles. The number of rotatable bonds is 7. The first-order valence-corrected chi connectivity index (χ1v) is 7.96. The van der Waals surface area contributed by atoms with Crippen LogP contribution in [0.15, 0.2) is 24.3 Å². The Hall–Kier alpha value is -0.860. The molecule has 0 aliphatic heterocycles. The second kappa shape index (κ2) is 6.73. The molecule has 2 unspecified atom stereocenters. The van der Waals surface area contributed by atoms with E-state index < -0.39 is 0 Å². The third kappa shape index (κ3) is 3.24. The van der Waals surface area contributed by atoms with Gasteiger partial charge < -0.3 is 10.1 Å². The van der Waals surface area contributed by atoms with Gasteiger partial charge in [0, 0.05) is 13.2 Å². The van der Waals surface area contributed by atoms with Gasteiger partial charge in [0.25, 0.3) is 0 Å². The molecule has 0 aromatic heterocycles. The molecule has 1 aliphatic rings. The zero-order valence-electron chi connectivity index (χ0n) is 13.4. The van der Waals surface area contributed by atoms with Crippen LogP contribution in [0.25, 0.3) is 0 Å². The van der Waals surface area contributed by atoms with Crippen LogP contribution in [0, 0.1) is 0 Å². The van der Waals surface area contributed by atoms with Gasteiger partial charge in [-0.3, -0.25) is 0 Å². The molecule has 1 fully saturated rings. The van der Waals surface area contributed by atoms with Gasteiger partial charge in [-0.15, -0.1) is 0 Å². The van der Waals surface area contributed by atoms with Gasteiger partial charge in [-0.1, -0.05) is 38.1 Å². The molecule has 1 N–H and O–H groups in total. The van der Waals surface area contributed by atoms with Crippen molar-refractivity contribution in [2.45, 2.75) is 63.5 Å². The predicted octanol–water partition coefficient (Wildman–Crippen LogP) is 4.42. The van der Waals surface area contributed by atoms with Crippen molar-refractivity contribution in [1.29, 1.82) is 0 Å². The molecule has 1 aliphatic carbocycles. The van der Waals surface area contributed by atoms with Gasteiger partial charge in [0.2, 0.25) is 0 Å². The Balaban J connectivity index is 2.07. The van der Waals surface area contributed by atoms with Gasteiger partial charge in [-0.2, -0.15) is 0 Å². The van der Waals surface area contributed by atoms with Gasteiger partial charge in [-0.05, 0) is 56.2 Å². The van der Waals surface area contributed by atoms with Crippen molar-refractivity contribution in [2.24, 2.45) is 0 Å². The maximum Gasteiger partial charge on any atom is 0.0697 e. The summed E-state index contributed by atoms with van der Waals surface area (Å²) in [6, 6.07) is 9.53. The van der Waals surface area contributed by atoms with Gasteiger partial charge >= 0.3 is 0 Å². The maximum atomic E-state index is 5.77. The Morgan fingerprint density at radius 3 is 2.20 bits per heavy atom. The highest BCUT2D eigenvalue weighted by atomic mass is 16.5. The van der Waals surface area contributed by atoms with Crippen LogP contribution in [0.5, 0.6) is 0 Å². The monoisotopic (exact) mass is 275 g/mol. The Bertz CT molecular complexity index is 402. The maximum absolute atomic E-state index is 5.77. The molecule has 20 heavy (non-hydrogen) atoms. The van der Waals surface area contributed by atoms with Crippen molar-refractivity contribution in [2.75, 3.05) is 14.2 Å². The minimum absolute atomic E-state index is 0.114. The van der Waals surface area contributed by atoms with E-state index in [4.69, 9.17) is 4.74 Å². The molecule has 2 heteroatoms. The summed E-state index contributed by atoms with van der Waals surface area (Å²) in [4.78, 5) is 0. The summed E-state index contributed by atoms with van der Waals surface area (Å²) in [5.74, 6) is 0.647. The predicted molar refractivity (Wildman–Crippen MR) is 85.2 cm³/mol. The van der Waals surface area contributed by atoms with Crippen LogP contribution >= 0.6 is 0 Å². The molecule has 2 nitrogen and oxygen atoms in total. The van der Waals surface area contributed by atoms with Crippen LogP contribution in [0.4, 0.5) is 0 Å². The van der Waals surface area contributed by atoms with Crippen LogP contribution < -0.4 is 5.32 Å². The van der Waals surface area contributed by atoms with Gasteiger partial charge in [0.1, 0.15) is 0 Å². The third-order valence-electron chi connectivity index (χ3n) is 5.14. The number of hydrogen-bond donors (Lipinski definition) is 1. The van der Waals surface area contributed by atoms with E-state index in [-0.39, 0.29) is 5.60 Å². The molecule has 2 rings (SSSR count). The van der Waals surface area contributed by atoms with Crippen molar-refractivity contribution in [1.82, 2.24) is 5.32 Å². The molecule has 0 amide bonds. The second-order valence-electron chi connectivity index (χ2n) is 6.26. The van der Waals surface area contributed by atoms with Crippen LogP contribution in [0.2, 0.25) is 0 Å². The van der Waals surface area contributed by atoms with E-state index in [0.717, 1.165) is 6.42 Å². The number of nitrogens with one attached hydrogen (secondary N) is 1. The second-order valence-corrected chi connectivity index (χ2v) is 6.26. The molecular formula is C18H29NO. The van der Waals surface area contributed by atoms with E-state index in [2.05, 4.69) is 50.5 Å². The first kappa shape index (κ1) is 15.5. The van der Waals surface area contributed by atoms with Crippen LogP contribution in [0.3, 0.4) is 0 Å². The fourth-order valence-corrected chi connectivity index (χ4v) is 3.11. The Kier molecular flexibility index (Phi) is 5.22. The van der Waals surface area contributed by atoms with E-state index in [1.807, 2.05) is 7.11 Å². The smallest absolute Gasteiger partial charge is 0.0697 e. The molecule has 0 saturated heterocycles. The van der Waals surface area contributed by atoms with Crippen molar-refractivity contribution in [3.05, 3.63) is 35.4 Å². The number of methoxy groups -OCH3 is 1. The molecule has 112 valence electrons. The zero-order chi connectivity index (χ0) is 14.6. The molecule has 0 heterocycles. The average molecular weight is 275 g/mol. The van der Waals surface area contributed by atoms with Crippen molar-refractivity contribution in [3.63, 3.8) is 0 Å². The standard InChI is InChI=1S/C18H29NO/c1-5-14(2)15-7-9-16(10-8-15)17(19-3)13-18(20-4)11-6-12-18/h7-10,14,17,19H,5-6,11-13H2,1-4H3. The first-order valence-electron chi connectivity index (χ1n) is 7.96. The summed E-state index contributed by atoms with van der Waals surface area (Å²) in [7, 11) is 3.91. The fourth-order valence-electron chi connectivity index (χ4n) is 3.11. The van der Waals surface area contributed by atoms with E-state index >= 15 is 0 Å². The summed E-state index contributed by atoms with van der Waals surface area (Å²) in [5.41, 5.74) is 2.93. The lowest BCUT2D eigenvalue weighted by molar-refractivity contribution is -0.0834. The van der Waals surface area contributed by atoms with Crippen LogP contribution in [-0.2, 0) is 4.74 Å².